The molecule has 0 saturated heterocycles. The van der Waals surface area contributed by atoms with E-state index < -0.39 is 17.4 Å². The van der Waals surface area contributed by atoms with Gasteiger partial charge < -0.3 is 4.98 Å². The third-order valence-corrected chi connectivity index (χ3v) is 3.59. The molecule has 122 valence electrons. The lowest BCUT2D eigenvalue weighted by atomic mass is 10.1. The topological polar surface area (TPSA) is 80.9 Å². The van der Waals surface area contributed by atoms with E-state index in [1.165, 1.54) is 12.3 Å². The van der Waals surface area contributed by atoms with Crippen LogP contribution in [0.15, 0.2) is 35.4 Å². The number of hydrogen-bond acceptors (Lipinski definition) is 4. The van der Waals surface area contributed by atoms with Gasteiger partial charge in [-0.05, 0) is 18.2 Å². The standard InChI is InChI=1S/C14H9F3N6O/c1-22-6-7(5-18-22)11-20-12-9-3-2-8(14(15,16)17)4-10(9)19-13(24)23(12)21-11/h2-6H,1H3,(H,19,24). The van der Waals surface area contributed by atoms with Crippen LogP contribution >= 0.6 is 0 Å². The van der Waals surface area contributed by atoms with Crippen molar-refractivity contribution < 1.29 is 13.2 Å². The minimum absolute atomic E-state index is 0.0486. The number of nitrogens with zero attached hydrogens (tertiary/aromatic N) is 5. The number of fused-ring (bicyclic) bond motifs is 3. The van der Waals surface area contributed by atoms with Crippen LogP contribution in [0.4, 0.5) is 13.2 Å². The number of nitrogens with one attached hydrogen (secondary N) is 1. The molecule has 0 aliphatic heterocycles. The second kappa shape index (κ2) is 4.66. The van der Waals surface area contributed by atoms with Crippen molar-refractivity contribution in [1.29, 1.82) is 0 Å². The molecule has 4 rings (SSSR count). The second-order valence-corrected chi connectivity index (χ2v) is 5.26. The van der Waals surface area contributed by atoms with Gasteiger partial charge in [0.05, 0.1) is 22.8 Å². The van der Waals surface area contributed by atoms with Crippen LogP contribution in [0.3, 0.4) is 0 Å². The van der Waals surface area contributed by atoms with Crippen molar-refractivity contribution in [3.8, 4) is 11.4 Å². The third kappa shape index (κ3) is 2.14. The van der Waals surface area contributed by atoms with Gasteiger partial charge in [-0.1, -0.05) is 0 Å². The van der Waals surface area contributed by atoms with Crippen molar-refractivity contribution >= 4 is 16.6 Å². The predicted octanol–water partition coefficient (Wildman–Crippen LogP) is 1.99. The van der Waals surface area contributed by atoms with Crippen molar-refractivity contribution in [2.24, 2.45) is 7.05 Å². The van der Waals surface area contributed by atoms with Crippen LogP contribution in [-0.4, -0.2) is 29.4 Å². The maximum atomic E-state index is 12.8. The molecule has 1 N–H and O–H groups in total. The minimum atomic E-state index is -4.49. The van der Waals surface area contributed by atoms with Crippen molar-refractivity contribution in [3.05, 3.63) is 46.6 Å². The van der Waals surface area contributed by atoms with Gasteiger partial charge in [0.1, 0.15) is 0 Å². The summed E-state index contributed by atoms with van der Waals surface area (Å²) in [4.78, 5) is 18.8. The Morgan fingerprint density at radius 2 is 2.04 bits per heavy atom. The molecule has 3 aromatic heterocycles. The van der Waals surface area contributed by atoms with Crippen molar-refractivity contribution in [2.75, 3.05) is 0 Å². The number of H-pyrrole nitrogens is 1. The molecule has 4 aromatic rings. The smallest absolute Gasteiger partial charge is 0.305 e. The normalized spacial score (nSPS) is 12.3. The number of hydrogen-bond donors (Lipinski definition) is 1. The largest absolute Gasteiger partial charge is 0.416 e. The van der Waals surface area contributed by atoms with E-state index in [1.54, 1.807) is 17.9 Å². The molecular formula is C14H9F3N6O. The SMILES string of the molecule is Cn1cc(-c2nc3c4ccc(C(F)(F)F)cc4[nH]c(=O)n3n2)cn1. The van der Waals surface area contributed by atoms with Crippen LogP contribution in [-0.2, 0) is 13.2 Å². The van der Waals surface area contributed by atoms with Gasteiger partial charge in [0.25, 0.3) is 0 Å². The van der Waals surface area contributed by atoms with Gasteiger partial charge in [-0.3, -0.25) is 4.68 Å². The third-order valence-electron chi connectivity index (χ3n) is 3.59. The quantitative estimate of drug-likeness (QED) is 0.577. The monoisotopic (exact) mass is 334 g/mol. The summed E-state index contributed by atoms with van der Waals surface area (Å²) in [7, 11) is 1.72. The van der Waals surface area contributed by atoms with E-state index in [0.717, 1.165) is 16.6 Å². The van der Waals surface area contributed by atoms with Crippen LogP contribution in [0.25, 0.3) is 27.9 Å². The summed E-state index contributed by atoms with van der Waals surface area (Å²) in [6.45, 7) is 0. The lowest BCUT2D eigenvalue weighted by molar-refractivity contribution is -0.137. The number of aryl methyl sites for hydroxylation is 1. The zero-order valence-electron chi connectivity index (χ0n) is 12.2. The molecule has 24 heavy (non-hydrogen) atoms. The Morgan fingerprint density at radius 1 is 1.25 bits per heavy atom. The number of halogens is 3. The first-order chi connectivity index (χ1) is 11.3. The summed E-state index contributed by atoms with van der Waals surface area (Å²) >= 11 is 0. The van der Waals surface area contributed by atoms with Gasteiger partial charge in [0.2, 0.25) is 0 Å². The van der Waals surface area contributed by atoms with Gasteiger partial charge >= 0.3 is 11.9 Å². The van der Waals surface area contributed by atoms with Gasteiger partial charge in [-0.15, -0.1) is 5.10 Å². The van der Waals surface area contributed by atoms with E-state index in [-0.39, 0.29) is 17.0 Å². The average molecular weight is 334 g/mol. The molecule has 0 amide bonds. The lowest BCUT2D eigenvalue weighted by Crippen LogP contribution is -2.18. The van der Waals surface area contributed by atoms with Crippen molar-refractivity contribution in [1.82, 2.24) is 29.4 Å². The van der Waals surface area contributed by atoms with Crippen LogP contribution < -0.4 is 5.69 Å². The Labute approximate surface area is 131 Å². The summed E-state index contributed by atoms with van der Waals surface area (Å²) in [6, 6.07) is 3.10. The van der Waals surface area contributed by atoms with Gasteiger partial charge in [0, 0.05) is 18.6 Å². The summed E-state index contributed by atoms with van der Waals surface area (Å²) in [5, 5.41) is 8.47. The Hall–Kier alpha value is -3.17. The highest BCUT2D eigenvalue weighted by atomic mass is 19.4. The van der Waals surface area contributed by atoms with E-state index in [4.69, 9.17) is 0 Å². The molecule has 0 aliphatic carbocycles. The molecule has 7 nitrogen and oxygen atoms in total. The minimum Gasteiger partial charge on any atom is -0.305 e. The molecular weight excluding hydrogens is 325 g/mol. The molecule has 0 aliphatic rings. The predicted molar refractivity (Wildman–Crippen MR) is 78.3 cm³/mol. The molecule has 0 unspecified atom stereocenters. The van der Waals surface area contributed by atoms with Gasteiger partial charge in [-0.25, -0.2) is 9.78 Å². The fraction of sp³-hybridized carbons (Fsp3) is 0.143. The summed E-state index contributed by atoms with van der Waals surface area (Å²) in [5.74, 6) is 0.265. The van der Waals surface area contributed by atoms with E-state index in [0.29, 0.717) is 10.9 Å². The van der Waals surface area contributed by atoms with E-state index in [9.17, 15) is 18.0 Å². The maximum absolute atomic E-state index is 12.8. The Kier molecular flexibility index (Phi) is 2.80. The second-order valence-electron chi connectivity index (χ2n) is 5.26. The molecule has 1 aromatic carbocycles. The molecule has 0 bridgehead atoms. The van der Waals surface area contributed by atoms with Crippen molar-refractivity contribution in [3.63, 3.8) is 0 Å². The molecule has 0 saturated carbocycles. The first-order valence-corrected chi connectivity index (χ1v) is 6.82. The first kappa shape index (κ1) is 14.4. The Morgan fingerprint density at radius 3 is 2.71 bits per heavy atom. The Balaban J connectivity index is 2.00. The number of benzene rings is 1. The van der Waals surface area contributed by atoms with E-state index in [1.807, 2.05) is 0 Å². The van der Waals surface area contributed by atoms with Crippen LogP contribution in [0.1, 0.15) is 5.56 Å². The highest BCUT2D eigenvalue weighted by molar-refractivity contribution is 5.91. The van der Waals surface area contributed by atoms with E-state index in [2.05, 4.69) is 20.2 Å². The molecule has 0 spiro atoms. The molecule has 0 radical (unpaired) electrons. The zero-order chi connectivity index (χ0) is 17.1. The van der Waals surface area contributed by atoms with Gasteiger partial charge in [0.15, 0.2) is 11.5 Å². The molecule has 3 heterocycles. The highest BCUT2D eigenvalue weighted by Crippen LogP contribution is 2.31. The van der Waals surface area contributed by atoms with Crippen LogP contribution in [0.5, 0.6) is 0 Å². The van der Waals surface area contributed by atoms with Crippen molar-refractivity contribution in [2.45, 2.75) is 6.18 Å². The maximum Gasteiger partial charge on any atom is 0.416 e. The lowest BCUT2D eigenvalue weighted by Gasteiger charge is -2.07. The zero-order valence-corrected chi connectivity index (χ0v) is 12.2. The fourth-order valence-corrected chi connectivity index (χ4v) is 2.47. The van der Waals surface area contributed by atoms with Crippen LogP contribution in [0, 0.1) is 0 Å². The molecule has 0 fully saturated rings. The summed E-state index contributed by atoms with van der Waals surface area (Å²) < 4.78 is 41.1. The fourth-order valence-electron chi connectivity index (χ4n) is 2.47. The number of aromatic nitrogens is 6. The Bertz CT molecular complexity index is 1140. The molecule has 10 heteroatoms. The van der Waals surface area contributed by atoms with Crippen LogP contribution in [0.2, 0.25) is 0 Å². The average Bonchev–Trinajstić information content (AvgIpc) is 3.12. The summed E-state index contributed by atoms with van der Waals surface area (Å²) in [6.07, 6.45) is -1.29. The number of aromatic amines is 1. The van der Waals surface area contributed by atoms with Gasteiger partial charge in [-0.2, -0.15) is 22.8 Å². The number of rotatable bonds is 1. The first-order valence-electron chi connectivity index (χ1n) is 6.82. The van der Waals surface area contributed by atoms with E-state index >= 15 is 0 Å². The summed E-state index contributed by atoms with van der Waals surface area (Å²) in [5.41, 5.74) is -0.684. The molecule has 0 atom stereocenters. The number of alkyl halides is 3. The highest BCUT2D eigenvalue weighted by Gasteiger charge is 2.30.